The maximum absolute atomic E-state index is 8.64. The molecule has 0 radical (unpaired) electrons. The third-order valence-electron chi connectivity index (χ3n) is 2.89. The molecule has 0 saturated carbocycles. The lowest BCUT2D eigenvalue weighted by molar-refractivity contribution is 0.213. The molecule has 2 heteroatoms. The zero-order chi connectivity index (χ0) is 13.4. The second-order valence-corrected chi connectivity index (χ2v) is 4.72. The average Bonchev–Trinajstić information content (AvgIpc) is 2.37. The minimum atomic E-state index is -0.0839. The van der Waals surface area contributed by atoms with Crippen molar-refractivity contribution in [2.45, 2.75) is 39.8 Å². The van der Waals surface area contributed by atoms with Crippen LogP contribution in [0, 0.1) is 11.8 Å². The first-order valence-corrected chi connectivity index (χ1v) is 6.60. The number of rotatable bonds is 5. The van der Waals surface area contributed by atoms with E-state index in [9.17, 15) is 0 Å². The van der Waals surface area contributed by atoms with Gasteiger partial charge in [-0.15, -0.1) is 0 Å². The van der Waals surface area contributed by atoms with Crippen molar-refractivity contribution < 1.29 is 5.11 Å². The summed E-state index contributed by atoms with van der Waals surface area (Å²) in [4.78, 5) is 2.47. The molecule has 0 saturated heterocycles. The van der Waals surface area contributed by atoms with Crippen LogP contribution in [-0.4, -0.2) is 29.2 Å². The van der Waals surface area contributed by atoms with E-state index in [0.717, 1.165) is 18.7 Å². The van der Waals surface area contributed by atoms with Crippen molar-refractivity contribution in [1.82, 2.24) is 4.90 Å². The van der Waals surface area contributed by atoms with E-state index in [0.29, 0.717) is 6.04 Å². The summed E-state index contributed by atoms with van der Waals surface area (Å²) in [5.41, 5.74) is 2.27. The Balaban J connectivity index is 2.67. The van der Waals surface area contributed by atoms with Crippen molar-refractivity contribution in [2.75, 3.05) is 13.2 Å². The summed E-state index contributed by atoms with van der Waals surface area (Å²) >= 11 is 0. The molecule has 0 aromatic heterocycles. The lowest BCUT2D eigenvalue weighted by Gasteiger charge is -2.25. The molecule has 2 nitrogen and oxygen atoms in total. The Bertz CT molecular complexity index is 397. The van der Waals surface area contributed by atoms with E-state index in [-0.39, 0.29) is 6.61 Å². The molecule has 0 fully saturated rings. The molecule has 0 heterocycles. The molecule has 1 N–H and O–H groups in total. The van der Waals surface area contributed by atoms with E-state index in [1.54, 1.807) is 0 Å². The van der Waals surface area contributed by atoms with Gasteiger partial charge in [0.1, 0.15) is 6.61 Å². The normalized spacial score (nSPS) is 10.6. The first-order chi connectivity index (χ1) is 8.67. The average molecular weight is 245 g/mol. The smallest absolute Gasteiger partial charge is 0.104 e. The quantitative estimate of drug-likeness (QED) is 0.806. The van der Waals surface area contributed by atoms with Crippen LogP contribution in [0.15, 0.2) is 24.3 Å². The zero-order valence-electron chi connectivity index (χ0n) is 11.6. The number of aliphatic hydroxyl groups is 1. The van der Waals surface area contributed by atoms with Gasteiger partial charge in [-0.2, -0.15) is 0 Å². The summed E-state index contributed by atoms with van der Waals surface area (Å²) in [5.74, 6) is 5.57. The van der Waals surface area contributed by atoms with Gasteiger partial charge in [-0.05, 0) is 44.5 Å². The van der Waals surface area contributed by atoms with Crippen LogP contribution in [0.1, 0.15) is 38.3 Å². The van der Waals surface area contributed by atoms with E-state index in [1.807, 2.05) is 12.1 Å². The van der Waals surface area contributed by atoms with Crippen LogP contribution < -0.4 is 0 Å². The minimum Gasteiger partial charge on any atom is -0.384 e. The van der Waals surface area contributed by atoms with Gasteiger partial charge in [0.2, 0.25) is 0 Å². The lowest BCUT2D eigenvalue weighted by atomic mass is 10.1. The summed E-state index contributed by atoms with van der Waals surface area (Å²) in [6.07, 6.45) is 1.18. The van der Waals surface area contributed by atoms with Gasteiger partial charge in [0.05, 0.1) is 0 Å². The largest absolute Gasteiger partial charge is 0.384 e. The first kappa shape index (κ1) is 14.8. The minimum absolute atomic E-state index is 0.0839. The fourth-order valence-electron chi connectivity index (χ4n) is 1.88. The summed E-state index contributed by atoms with van der Waals surface area (Å²) in [6, 6.07) is 8.84. The number of hydrogen-bond acceptors (Lipinski definition) is 2. The molecule has 1 rings (SSSR count). The van der Waals surface area contributed by atoms with Gasteiger partial charge in [-0.25, -0.2) is 0 Å². The summed E-state index contributed by atoms with van der Waals surface area (Å²) in [7, 11) is 0. The molecule has 1 aromatic rings. The highest BCUT2D eigenvalue weighted by Crippen LogP contribution is 2.10. The van der Waals surface area contributed by atoms with Crippen molar-refractivity contribution >= 4 is 0 Å². The van der Waals surface area contributed by atoms with Gasteiger partial charge >= 0.3 is 0 Å². The number of nitrogens with zero attached hydrogens (tertiary/aromatic N) is 1. The van der Waals surface area contributed by atoms with E-state index >= 15 is 0 Å². The molecular weight excluding hydrogens is 222 g/mol. The molecular formula is C16H23NO. The van der Waals surface area contributed by atoms with Crippen LogP contribution in [-0.2, 0) is 6.54 Å². The maximum atomic E-state index is 8.64. The molecule has 0 bridgehead atoms. The monoisotopic (exact) mass is 245 g/mol. The predicted octanol–water partition coefficient (Wildman–Crippen LogP) is 2.65. The SMILES string of the molecule is CCCN(Cc1ccc(C#CCO)cc1)C(C)C. The topological polar surface area (TPSA) is 23.5 Å². The fourth-order valence-corrected chi connectivity index (χ4v) is 1.88. The third-order valence-corrected chi connectivity index (χ3v) is 2.89. The Morgan fingerprint density at radius 1 is 1.22 bits per heavy atom. The van der Waals surface area contributed by atoms with Gasteiger partial charge in [0, 0.05) is 18.2 Å². The molecule has 0 aliphatic carbocycles. The number of benzene rings is 1. The van der Waals surface area contributed by atoms with Crippen LogP contribution in [0.2, 0.25) is 0 Å². The molecule has 0 atom stereocenters. The Labute approximate surface area is 111 Å². The van der Waals surface area contributed by atoms with Crippen molar-refractivity contribution in [1.29, 1.82) is 0 Å². The highest BCUT2D eigenvalue weighted by molar-refractivity contribution is 5.36. The van der Waals surface area contributed by atoms with Crippen molar-refractivity contribution in [2.24, 2.45) is 0 Å². The standard InChI is InChI=1S/C16H23NO/c1-4-11-17(14(2)3)13-16-9-7-15(8-10-16)6-5-12-18/h7-10,14,18H,4,11-13H2,1-3H3. The van der Waals surface area contributed by atoms with Crippen molar-refractivity contribution in [3.8, 4) is 11.8 Å². The summed E-state index contributed by atoms with van der Waals surface area (Å²) < 4.78 is 0. The van der Waals surface area contributed by atoms with E-state index < -0.39 is 0 Å². The second kappa shape index (κ2) is 7.92. The molecule has 0 unspecified atom stereocenters. The molecule has 0 spiro atoms. The van der Waals surface area contributed by atoms with Crippen LogP contribution in [0.25, 0.3) is 0 Å². The zero-order valence-corrected chi connectivity index (χ0v) is 11.6. The third kappa shape index (κ3) is 4.91. The van der Waals surface area contributed by atoms with Crippen LogP contribution in [0.4, 0.5) is 0 Å². The van der Waals surface area contributed by atoms with Crippen LogP contribution in [0.5, 0.6) is 0 Å². The van der Waals surface area contributed by atoms with Crippen LogP contribution >= 0.6 is 0 Å². The first-order valence-electron chi connectivity index (χ1n) is 6.60. The maximum Gasteiger partial charge on any atom is 0.104 e. The van der Waals surface area contributed by atoms with E-state index in [4.69, 9.17) is 5.11 Å². The summed E-state index contributed by atoms with van der Waals surface area (Å²) in [5, 5.41) is 8.64. The lowest BCUT2D eigenvalue weighted by Crippen LogP contribution is -2.30. The van der Waals surface area contributed by atoms with Crippen molar-refractivity contribution in [3.05, 3.63) is 35.4 Å². The molecule has 18 heavy (non-hydrogen) atoms. The summed E-state index contributed by atoms with van der Waals surface area (Å²) in [6.45, 7) is 8.71. The number of hydrogen-bond donors (Lipinski definition) is 1. The van der Waals surface area contributed by atoms with Gasteiger partial charge < -0.3 is 5.11 Å². The Morgan fingerprint density at radius 2 is 1.89 bits per heavy atom. The van der Waals surface area contributed by atoms with E-state index in [2.05, 4.69) is 49.6 Å². The van der Waals surface area contributed by atoms with E-state index in [1.165, 1.54) is 12.0 Å². The van der Waals surface area contributed by atoms with Crippen molar-refractivity contribution in [3.63, 3.8) is 0 Å². The van der Waals surface area contributed by atoms with Gasteiger partial charge in [0.15, 0.2) is 0 Å². The molecule has 0 aliphatic heterocycles. The Kier molecular flexibility index (Phi) is 6.49. The Hall–Kier alpha value is -1.30. The predicted molar refractivity (Wildman–Crippen MR) is 76.2 cm³/mol. The van der Waals surface area contributed by atoms with Gasteiger partial charge in [-0.1, -0.05) is 30.9 Å². The Morgan fingerprint density at radius 3 is 2.39 bits per heavy atom. The number of aliphatic hydroxyl groups excluding tert-OH is 1. The molecule has 1 aromatic carbocycles. The van der Waals surface area contributed by atoms with Gasteiger partial charge in [0.25, 0.3) is 0 Å². The molecule has 0 aliphatic rings. The molecule has 98 valence electrons. The highest BCUT2D eigenvalue weighted by Gasteiger charge is 2.08. The van der Waals surface area contributed by atoms with Crippen LogP contribution in [0.3, 0.4) is 0 Å². The fraction of sp³-hybridized carbons (Fsp3) is 0.500. The second-order valence-electron chi connectivity index (χ2n) is 4.72. The van der Waals surface area contributed by atoms with Gasteiger partial charge in [-0.3, -0.25) is 4.90 Å². The highest BCUT2D eigenvalue weighted by atomic mass is 16.2. The molecule has 0 amide bonds.